The fraction of sp³-hybridized carbons (Fsp3) is 0.355. The van der Waals surface area contributed by atoms with Crippen molar-refractivity contribution in [3.05, 3.63) is 77.2 Å². The molecule has 0 saturated carbocycles. The summed E-state index contributed by atoms with van der Waals surface area (Å²) in [6, 6.07) is 14.3. The van der Waals surface area contributed by atoms with E-state index in [1.165, 1.54) is 6.07 Å². The van der Waals surface area contributed by atoms with Crippen LogP contribution in [0.25, 0.3) is 11.1 Å². The number of hydrogen-bond acceptors (Lipinski definition) is 5. The lowest BCUT2D eigenvalue weighted by atomic mass is 9.90. The number of aromatic nitrogens is 1. The van der Waals surface area contributed by atoms with Gasteiger partial charge in [-0.2, -0.15) is 0 Å². The van der Waals surface area contributed by atoms with Crippen molar-refractivity contribution in [2.45, 2.75) is 45.1 Å². The largest absolute Gasteiger partial charge is 0.486 e. The van der Waals surface area contributed by atoms with E-state index in [9.17, 15) is 9.90 Å². The highest BCUT2D eigenvalue weighted by Crippen LogP contribution is 2.42. The normalized spacial score (nSPS) is 17.9. The Balaban J connectivity index is 1.31. The highest BCUT2D eigenvalue weighted by molar-refractivity contribution is 5.70. The van der Waals surface area contributed by atoms with Crippen LogP contribution in [0.4, 0.5) is 4.39 Å². The first-order chi connectivity index (χ1) is 18.3. The monoisotopic (exact) mass is 515 g/mol. The van der Waals surface area contributed by atoms with Gasteiger partial charge in [-0.05, 0) is 60.7 Å². The lowest BCUT2D eigenvalue weighted by Crippen LogP contribution is -2.44. The minimum absolute atomic E-state index is 0.0389. The van der Waals surface area contributed by atoms with E-state index in [0.29, 0.717) is 49.9 Å². The van der Waals surface area contributed by atoms with Crippen LogP contribution >= 0.6 is 0 Å². The minimum atomic E-state index is -0.901. The molecule has 1 aliphatic carbocycles. The molecule has 1 fully saturated rings. The van der Waals surface area contributed by atoms with Gasteiger partial charge in [0.25, 0.3) is 0 Å². The second-order valence-electron chi connectivity index (χ2n) is 10.2. The van der Waals surface area contributed by atoms with Gasteiger partial charge in [0.2, 0.25) is 5.88 Å². The molecule has 7 heteroatoms. The standard InChI is InChI=1S/C31H30FNO5/c1-3-4-21(15-29(34)35)20-5-8-23(9-6-20)38-27-13-11-25-24(10-12-26(32)30(25)27)22-7-14-28(33-16-22)37-19-31(2)17-36-18-31/h5-10,12,14,16,21,27H,11,13,15,17-19H2,1-2H3,(H,34,35)/t21?,27-/m1/s1. The number of benzene rings is 2. The number of aliphatic carboxylic acids is 1. The first kappa shape index (κ1) is 25.7. The summed E-state index contributed by atoms with van der Waals surface area (Å²) in [7, 11) is 0. The number of rotatable bonds is 9. The van der Waals surface area contributed by atoms with Gasteiger partial charge in [0.15, 0.2) is 0 Å². The van der Waals surface area contributed by atoms with E-state index in [0.717, 1.165) is 22.3 Å². The number of pyridine rings is 1. The molecule has 1 saturated heterocycles. The second-order valence-corrected chi connectivity index (χ2v) is 10.2. The highest BCUT2D eigenvalue weighted by Gasteiger charge is 2.34. The summed E-state index contributed by atoms with van der Waals surface area (Å²) in [5.74, 6) is 5.33. The van der Waals surface area contributed by atoms with Crippen molar-refractivity contribution in [1.82, 2.24) is 4.98 Å². The van der Waals surface area contributed by atoms with Crippen LogP contribution in [0.1, 0.15) is 55.4 Å². The summed E-state index contributed by atoms with van der Waals surface area (Å²) in [6.45, 7) is 5.75. The molecule has 1 unspecified atom stereocenters. The van der Waals surface area contributed by atoms with E-state index < -0.39 is 12.1 Å². The highest BCUT2D eigenvalue weighted by atomic mass is 19.1. The summed E-state index contributed by atoms with van der Waals surface area (Å²) in [5.41, 5.74) is 4.20. The molecule has 38 heavy (non-hydrogen) atoms. The topological polar surface area (TPSA) is 77.9 Å². The smallest absolute Gasteiger partial charge is 0.304 e. The molecule has 2 atom stereocenters. The number of hydrogen-bond donors (Lipinski definition) is 1. The molecule has 0 bridgehead atoms. The van der Waals surface area contributed by atoms with Gasteiger partial charge in [-0.3, -0.25) is 4.79 Å². The van der Waals surface area contributed by atoms with Crippen molar-refractivity contribution in [2.24, 2.45) is 5.41 Å². The third-order valence-corrected chi connectivity index (χ3v) is 7.06. The molecular formula is C31H30FNO5. The lowest BCUT2D eigenvalue weighted by Gasteiger charge is -2.37. The SMILES string of the molecule is CC#CC(CC(=O)O)c1ccc(O[C@@H]2CCc3c(-c4ccc(OCC5(C)COC5)nc4)ccc(F)c32)cc1. The van der Waals surface area contributed by atoms with Crippen LogP contribution in [0.5, 0.6) is 11.6 Å². The van der Waals surface area contributed by atoms with Crippen LogP contribution in [0.3, 0.4) is 0 Å². The zero-order valence-corrected chi connectivity index (χ0v) is 21.5. The Morgan fingerprint density at radius 1 is 1.21 bits per heavy atom. The van der Waals surface area contributed by atoms with Gasteiger partial charge in [-0.1, -0.05) is 31.0 Å². The average molecular weight is 516 g/mol. The fourth-order valence-electron chi connectivity index (χ4n) is 5.01. The molecule has 0 spiro atoms. The predicted octanol–water partition coefficient (Wildman–Crippen LogP) is 5.95. The second kappa shape index (κ2) is 10.8. The first-order valence-electron chi connectivity index (χ1n) is 12.7. The van der Waals surface area contributed by atoms with E-state index in [2.05, 4.69) is 23.7 Å². The van der Waals surface area contributed by atoms with Crippen molar-refractivity contribution >= 4 is 5.97 Å². The molecule has 2 heterocycles. The van der Waals surface area contributed by atoms with Crippen LogP contribution in [0.2, 0.25) is 0 Å². The van der Waals surface area contributed by atoms with Gasteiger partial charge in [0, 0.05) is 28.8 Å². The van der Waals surface area contributed by atoms with Crippen LogP contribution in [-0.4, -0.2) is 35.9 Å². The van der Waals surface area contributed by atoms with Crippen LogP contribution < -0.4 is 9.47 Å². The van der Waals surface area contributed by atoms with Crippen LogP contribution in [-0.2, 0) is 16.0 Å². The number of carbonyl (C=O) groups is 1. The van der Waals surface area contributed by atoms with Crippen molar-refractivity contribution in [2.75, 3.05) is 19.8 Å². The van der Waals surface area contributed by atoms with Crippen molar-refractivity contribution in [3.63, 3.8) is 0 Å². The zero-order chi connectivity index (χ0) is 26.7. The van der Waals surface area contributed by atoms with Gasteiger partial charge in [-0.15, -0.1) is 5.92 Å². The summed E-state index contributed by atoms with van der Waals surface area (Å²) >= 11 is 0. The van der Waals surface area contributed by atoms with Gasteiger partial charge in [0.05, 0.1) is 32.2 Å². The average Bonchev–Trinajstić information content (AvgIpc) is 3.31. The molecule has 2 aliphatic rings. The molecule has 5 rings (SSSR count). The number of ether oxygens (including phenoxy) is 3. The summed E-state index contributed by atoms with van der Waals surface area (Å²) in [6.07, 6.45) is 2.63. The number of halogens is 1. The molecule has 1 aliphatic heterocycles. The van der Waals surface area contributed by atoms with Crippen LogP contribution in [0.15, 0.2) is 54.7 Å². The van der Waals surface area contributed by atoms with Gasteiger partial charge in [-0.25, -0.2) is 9.37 Å². The molecule has 1 N–H and O–H groups in total. The molecule has 2 aromatic carbocycles. The molecule has 196 valence electrons. The van der Waals surface area contributed by atoms with Gasteiger partial charge >= 0.3 is 5.97 Å². The maximum Gasteiger partial charge on any atom is 0.304 e. The zero-order valence-electron chi connectivity index (χ0n) is 21.5. The Bertz CT molecular complexity index is 1370. The maximum atomic E-state index is 15.0. The van der Waals surface area contributed by atoms with Gasteiger partial charge < -0.3 is 19.3 Å². The molecule has 0 radical (unpaired) electrons. The Kier molecular flexibility index (Phi) is 7.35. The maximum absolute atomic E-state index is 15.0. The van der Waals surface area contributed by atoms with E-state index in [-0.39, 0.29) is 23.6 Å². The van der Waals surface area contributed by atoms with Gasteiger partial charge in [0.1, 0.15) is 17.7 Å². The number of fused-ring (bicyclic) bond motifs is 1. The third kappa shape index (κ3) is 5.51. The first-order valence-corrected chi connectivity index (χ1v) is 12.7. The molecule has 6 nitrogen and oxygen atoms in total. The molecule has 0 amide bonds. The fourth-order valence-corrected chi connectivity index (χ4v) is 5.01. The summed E-state index contributed by atoms with van der Waals surface area (Å²) in [5, 5.41) is 9.18. The molecule has 3 aromatic rings. The Morgan fingerprint density at radius 3 is 2.63 bits per heavy atom. The number of carboxylic acid groups (broad SMARTS) is 1. The van der Waals surface area contributed by atoms with E-state index >= 15 is 4.39 Å². The quantitative estimate of drug-likeness (QED) is 0.355. The van der Waals surface area contributed by atoms with E-state index in [1.807, 2.05) is 24.3 Å². The van der Waals surface area contributed by atoms with Crippen molar-refractivity contribution in [1.29, 1.82) is 0 Å². The van der Waals surface area contributed by atoms with Crippen LogP contribution in [0, 0.1) is 23.1 Å². The van der Waals surface area contributed by atoms with Crippen molar-refractivity contribution in [3.8, 4) is 34.6 Å². The Morgan fingerprint density at radius 2 is 2.00 bits per heavy atom. The summed E-state index contributed by atoms with van der Waals surface area (Å²) < 4.78 is 32.4. The lowest BCUT2D eigenvalue weighted by molar-refractivity contribution is -0.137. The minimum Gasteiger partial charge on any atom is -0.486 e. The third-order valence-electron chi connectivity index (χ3n) is 7.06. The molecular weight excluding hydrogens is 485 g/mol. The number of carboxylic acids is 1. The van der Waals surface area contributed by atoms with Crippen molar-refractivity contribution < 1.29 is 28.5 Å². The Hall–Kier alpha value is -3.89. The number of nitrogens with zero attached hydrogens (tertiary/aromatic N) is 1. The van der Waals surface area contributed by atoms with E-state index in [4.69, 9.17) is 14.2 Å². The predicted molar refractivity (Wildman–Crippen MR) is 141 cm³/mol. The summed E-state index contributed by atoms with van der Waals surface area (Å²) in [4.78, 5) is 15.7. The van der Waals surface area contributed by atoms with E-state index in [1.54, 1.807) is 31.3 Å². The Labute approximate surface area is 221 Å². The molecule has 1 aromatic heterocycles.